The zero-order valence-corrected chi connectivity index (χ0v) is 16.1. The Bertz CT molecular complexity index is 1050. The lowest BCUT2D eigenvalue weighted by molar-refractivity contribution is 0.183. The molecule has 0 saturated carbocycles. The third kappa shape index (κ3) is 3.60. The summed E-state index contributed by atoms with van der Waals surface area (Å²) in [6, 6.07) is 9.68. The molecule has 0 radical (unpaired) electrons. The van der Waals surface area contributed by atoms with Gasteiger partial charge in [-0.25, -0.2) is 18.1 Å². The Labute approximate surface area is 158 Å². The van der Waals surface area contributed by atoms with Crippen LogP contribution in [-0.4, -0.2) is 42.2 Å². The van der Waals surface area contributed by atoms with E-state index in [1.165, 1.54) is 6.20 Å². The predicted molar refractivity (Wildman–Crippen MR) is 102 cm³/mol. The van der Waals surface area contributed by atoms with Crippen molar-refractivity contribution in [2.24, 2.45) is 13.0 Å². The number of pyridine rings is 1. The number of fused-ring (bicyclic) bond motifs is 1. The minimum atomic E-state index is -3.69. The highest BCUT2D eigenvalue weighted by molar-refractivity contribution is 7.89. The van der Waals surface area contributed by atoms with Crippen molar-refractivity contribution in [3.63, 3.8) is 0 Å². The van der Waals surface area contributed by atoms with Gasteiger partial charge in [-0.1, -0.05) is 18.2 Å². The van der Waals surface area contributed by atoms with Crippen LogP contribution >= 0.6 is 0 Å². The molecule has 1 N–H and O–H groups in total. The second kappa shape index (κ2) is 7.03. The first-order valence-corrected chi connectivity index (χ1v) is 10.3. The van der Waals surface area contributed by atoms with E-state index in [2.05, 4.69) is 14.7 Å². The fourth-order valence-corrected chi connectivity index (χ4v) is 4.79. The predicted octanol–water partition coefficient (Wildman–Crippen LogP) is 1.81. The molecule has 0 amide bonds. The number of sulfonamides is 1. The molecule has 3 aromatic rings. The van der Waals surface area contributed by atoms with Crippen LogP contribution in [0.5, 0.6) is 0 Å². The van der Waals surface area contributed by atoms with Crippen LogP contribution in [0.2, 0.25) is 0 Å². The largest absolute Gasteiger partial charge is 0.379 e. The van der Waals surface area contributed by atoms with Gasteiger partial charge in [0.05, 0.1) is 24.8 Å². The maximum Gasteiger partial charge on any atom is 0.259 e. The van der Waals surface area contributed by atoms with Gasteiger partial charge in [0.1, 0.15) is 5.82 Å². The molecule has 27 heavy (non-hydrogen) atoms. The van der Waals surface area contributed by atoms with E-state index in [9.17, 15) is 8.42 Å². The fraction of sp³-hybridized carbons (Fsp3) is 0.368. The molecule has 1 saturated heterocycles. The van der Waals surface area contributed by atoms with E-state index in [0.717, 1.165) is 22.9 Å². The zero-order chi connectivity index (χ0) is 19.0. The lowest BCUT2D eigenvalue weighted by Crippen LogP contribution is -2.40. The number of imidazole rings is 1. The van der Waals surface area contributed by atoms with Crippen LogP contribution < -0.4 is 4.72 Å². The Morgan fingerprint density at radius 3 is 2.85 bits per heavy atom. The first kappa shape index (κ1) is 18.1. The number of aryl methyl sites for hydroxylation is 2. The summed E-state index contributed by atoms with van der Waals surface area (Å²) < 4.78 is 35.5. The van der Waals surface area contributed by atoms with Crippen LogP contribution in [0.3, 0.4) is 0 Å². The quantitative estimate of drug-likeness (QED) is 0.723. The maximum atomic E-state index is 12.7. The number of nitrogens with one attached hydrogen (secondary N) is 1. The van der Waals surface area contributed by atoms with Crippen LogP contribution in [0.25, 0.3) is 10.9 Å². The van der Waals surface area contributed by atoms with Crippen molar-refractivity contribution in [3.8, 4) is 0 Å². The molecule has 8 heteroatoms. The summed E-state index contributed by atoms with van der Waals surface area (Å²) in [4.78, 5) is 8.53. The average molecular weight is 386 g/mol. The standard InChI is InChI=1S/C19H22N4O3S/c1-13-21-19(10-23(13)2)27(24,25)22-18-12-26-11-15(18)9-14-7-8-20-17-6-4-3-5-16(14)17/h3-8,10,15,18,22H,9,11-12H2,1-2H3/t15-,18-/m1/s1. The number of hydrogen-bond acceptors (Lipinski definition) is 5. The SMILES string of the molecule is Cc1nc(S(=O)(=O)N[C@@H]2COC[C@H]2Cc2ccnc3ccccc23)cn1C. The topological polar surface area (TPSA) is 86.1 Å². The Balaban J connectivity index is 1.55. The number of hydrogen-bond donors (Lipinski definition) is 1. The molecule has 1 aliphatic rings. The lowest BCUT2D eigenvalue weighted by Gasteiger charge is -2.19. The van der Waals surface area contributed by atoms with Gasteiger partial charge in [0.25, 0.3) is 10.0 Å². The third-order valence-corrected chi connectivity index (χ3v) is 6.45. The Kier molecular flexibility index (Phi) is 4.71. The van der Waals surface area contributed by atoms with Crippen molar-refractivity contribution in [2.45, 2.75) is 24.4 Å². The summed E-state index contributed by atoms with van der Waals surface area (Å²) in [5, 5.41) is 1.14. The van der Waals surface area contributed by atoms with Crippen molar-refractivity contribution < 1.29 is 13.2 Å². The fourth-order valence-electron chi connectivity index (χ4n) is 3.46. The van der Waals surface area contributed by atoms with E-state index in [-0.39, 0.29) is 17.0 Å². The highest BCUT2D eigenvalue weighted by Gasteiger charge is 2.33. The monoisotopic (exact) mass is 386 g/mol. The van der Waals surface area contributed by atoms with Crippen LogP contribution in [0.15, 0.2) is 47.8 Å². The van der Waals surface area contributed by atoms with Crippen molar-refractivity contribution in [2.75, 3.05) is 13.2 Å². The highest BCUT2D eigenvalue weighted by atomic mass is 32.2. The highest BCUT2D eigenvalue weighted by Crippen LogP contribution is 2.25. The number of aromatic nitrogens is 3. The summed E-state index contributed by atoms with van der Waals surface area (Å²) in [6.07, 6.45) is 4.04. The molecule has 0 unspecified atom stereocenters. The van der Waals surface area contributed by atoms with Gasteiger partial charge in [0.15, 0.2) is 5.03 Å². The zero-order valence-electron chi connectivity index (χ0n) is 15.3. The van der Waals surface area contributed by atoms with Gasteiger partial charge in [-0.05, 0) is 31.0 Å². The van der Waals surface area contributed by atoms with Gasteiger partial charge in [-0.15, -0.1) is 0 Å². The summed E-state index contributed by atoms with van der Waals surface area (Å²) >= 11 is 0. The maximum absolute atomic E-state index is 12.7. The Morgan fingerprint density at radius 1 is 1.26 bits per heavy atom. The molecule has 0 bridgehead atoms. The van der Waals surface area contributed by atoms with Gasteiger partial charge in [-0.2, -0.15) is 0 Å². The van der Waals surface area contributed by atoms with Crippen molar-refractivity contribution in [1.29, 1.82) is 0 Å². The number of ether oxygens (including phenoxy) is 1. The number of para-hydroxylation sites is 1. The van der Waals surface area contributed by atoms with Crippen LogP contribution in [0.1, 0.15) is 11.4 Å². The molecule has 0 spiro atoms. The van der Waals surface area contributed by atoms with E-state index in [1.54, 1.807) is 24.7 Å². The first-order valence-electron chi connectivity index (χ1n) is 8.87. The second-order valence-electron chi connectivity index (χ2n) is 6.95. The molecule has 7 nitrogen and oxygen atoms in total. The minimum Gasteiger partial charge on any atom is -0.379 e. The van der Waals surface area contributed by atoms with E-state index < -0.39 is 10.0 Å². The summed E-state index contributed by atoms with van der Waals surface area (Å²) in [5.74, 6) is 0.702. The molecule has 0 aliphatic carbocycles. The van der Waals surface area contributed by atoms with Gasteiger partial charge < -0.3 is 9.30 Å². The molecular formula is C19H22N4O3S. The molecule has 2 atom stereocenters. The average Bonchev–Trinajstić information content (AvgIpc) is 3.22. The van der Waals surface area contributed by atoms with Crippen LogP contribution in [0.4, 0.5) is 0 Å². The van der Waals surface area contributed by atoms with Gasteiger partial charge in [0, 0.05) is 30.7 Å². The normalized spacial score (nSPS) is 20.4. The number of benzene rings is 1. The lowest BCUT2D eigenvalue weighted by atomic mass is 9.93. The summed E-state index contributed by atoms with van der Waals surface area (Å²) in [7, 11) is -1.91. The molecule has 142 valence electrons. The van der Waals surface area contributed by atoms with E-state index >= 15 is 0 Å². The Hall–Kier alpha value is -2.29. The van der Waals surface area contributed by atoms with E-state index in [0.29, 0.717) is 19.0 Å². The molecule has 1 fully saturated rings. The molecule has 4 rings (SSSR count). The summed E-state index contributed by atoms with van der Waals surface area (Å²) in [5.41, 5.74) is 2.09. The molecule has 1 aliphatic heterocycles. The van der Waals surface area contributed by atoms with Crippen LogP contribution in [0, 0.1) is 12.8 Å². The van der Waals surface area contributed by atoms with Crippen molar-refractivity contribution in [3.05, 3.63) is 54.1 Å². The Morgan fingerprint density at radius 2 is 2.07 bits per heavy atom. The van der Waals surface area contributed by atoms with Crippen molar-refractivity contribution in [1.82, 2.24) is 19.3 Å². The van der Waals surface area contributed by atoms with Crippen LogP contribution in [-0.2, 0) is 28.2 Å². The van der Waals surface area contributed by atoms with Gasteiger partial charge >= 0.3 is 0 Å². The third-order valence-electron chi connectivity index (χ3n) is 5.09. The molecule has 2 aromatic heterocycles. The van der Waals surface area contributed by atoms with E-state index in [1.807, 2.05) is 30.3 Å². The smallest absolute Gasteiger partial charge is 0.259 e. The molecular weight excluding hydrogens is 364 g/mol. The van der Waals surface area contributed by atoms with Crippen molar-refractivity contribution >= 4 is 20.9 Å². The first-order chi connectivity index (χ1) is 12.9. The summed E-state index contributed by atoms with van der Waals surface area (Å²) in [6.45, 7) is 2.65. The van der Waals surface area contributed by atoms with Gasteiger partial charge in [0.2, 0.25) is 0 Å². The minimum absolute atomic E-state index is 0.0440. The number of nitrogens with zero attached hydrogens (tertiary/aromatic N) is 3. The molecule has 3 heterocycles. The van der Waals surface area contributed by atoms with Gasteiger partial charge in [-0.3, -0.25) is 4.98 Å². The number of rotatable bonds is 5. The molecule has 1 aromatic carbocycles. The second-order valence-corrected chi connectivity index (χ2v) is 8.61. The van der Waals surface area contributed by atoms with E-state index in [4.69, 9.17) is 4.74 Å².